The van der Waals surface area contributed by atoms with Crippen LogP contribution < -0.4 is 5.32 Å². The van der Waals surface area contributed by atoms with Crippen LogP contribution >= 0.6 is 22.7 Å². The highest BCUT2D eigenvalue weighted by atomic mass is 32.1. The summed E-state index contributed by atoms with van der Waals surface area (Å²) in [7, 11) is 0. The lowest BCUT2D eigenvalue weighted by molar-refractivity contribution is -0.121. The number of para-hydroxylation sites is 1. The van der Waals surface area contributed by atoms with E-state index in [2.05, 4.69) is 15.3 Å². The molecule has 1 aliphatic heterocycles. The second-order valence-corrected chi connectivity index (χ2v) is 7.80. The van der Waals surface area contributed by atoms with Crippen molar-refractivity contribution in [2.75, 3.05) is 18.4 Å². The Morgan fingerprint density at radius 2 is 2.00 bits per heavy atom. The van der Waals surface area contributed by atoms with Crippen molar-refractivity contribution >= 4 is 49.8 Å². The number of piperidine rings is 1. The molecule has 2 aromatic heterocycles. The standard InChI is InChI=1S/C17H16N4O2S2/c22-14(20-17-18-7-10-24-17)11-5-8-21(9-6-11)16(23)15-19-12-3-1-2-4-13(12)25-15/h1-4,7,10-11H,5-6,8-9H2,(H,18,20,22). The lowest BCUT2D eigenvalue weighted by Crippen LogP contribution is -2.41. The summed E-state index contributed by atoms with van der Waals surface area (Å²) in [4.78, 5) is 35.2. The molecule has 0 atom stereocenters. The third-order valence-electron chi connectivity index (χ3n) is 4.29. The highest BCUT2D eigenvalue weighted by Gasteiger charge is 2.29. The number of hydrogen-bond acceptors (Lipinski definition) is 6. The Hall–Kier alpha value is -2.32. The SMILES string of the molecule is O=C(Nc1nccs1)C1CCN(C(=O)c2nc3ccccc3s2)CC1. The molecule has 0 aliphatic carbocycles. The van der Waals surface area contributed by atoms with Gasteiger partial charge in [0.1, 0.15) is 0 Å². The molecule has 3 heterocycles. The van der Waals surface area contributed by atoms with Crippen LogP contribution in [0.1, 0.15) is 22.6 Å². The van der Waals surface area contributed by atoms with Crippen molar-refractivity contribution in [3.63, 3.8) is 0 Å². The molecule has 0 bridgehead atoms. The summed E-state index contributed by atoms with van der Waals surface area (Å²) in [6.45, 7) is 1.15. The Morgan fingerprint density at radius 1 is 1.20 bits per heavy atom. The molecule has 0 radical (unpaired) electrons. The van der Waals surface area contributed by atoms with E-state index in [0.717, 1.165) is 10.2 Å². The Bertz CT molecular complexity index is 865. The highest BCUT2D eigenvalue weighted by Crippen LogP contribution is 2.25. The zero-order valence-corrected chi connectivity index (χ0v) is 15.0. The molecule has 128 valence electrons. The molecule has 1 N–H and O–H groups in total. The van der Waals surface area contributed by atoms with E-state index in [-0.39, 0.29) is 17.7 Å². The summed E-state index contributed by atoms with van der Waals surface area (Å²) >= 11 is 2.83. The Labute approximate surface area is 152 Å². The minimum Gasteiger partial charge on any atom is -0.337 e. The number of nitrogens with one attached hydrogen (secondary N) is 1. The van der Waals surface area contributed by atoms with Gasteiger partial charge in [0.25, 0.3) is 5.91 Å². The molecule has 0 unspecified atom stereocenters. The van der Waals surface area contributed by atoms with Gasteiger partial charge in [-0.2, -0.15) is 0 Å². The molecule has 4 rings (SSSR count). The summed E-state index contributed by atoms with van der Waals surface area (Å²) in [6, 6.07) is 7.75. The maximum absolute atomic E-state index is 12.7. The van der Waals surface area contributed by atoms with E-state index in [1.54, 1.807) is 11.1 Å². The number of carbonyl (C=O) groups excluding carboxylic acids is 2. The van der Waals surface area contributed by atoms with E-state index in [0.29, 0.717) is 36.1 Å². The van der Waals surface area contributed by atoms with Crippen molar-refractivity contribution < 1.29 is 9.59 Å². The minimum atomic E-state index is -0.0803. The first-order chi connectivity index (χ1) is 12.2. The van der Waals surface area contributed by atoms with Crippen molar-refractivity contribution in [2.24, 2.45) is 5.92 Å². The minimum absolute atomic E-state index is 0.0120. The average molecular weight is 372 g/mol. The number of carbonyl (C=O) groups is 2. The van der Waals surface area contributed by atoms with Gasteiger partial charge in [-0.05, 0) is 25.0 Å². The van der Waals surface area contributed by atoms with Crippen LogP contribution in [0, 0.1) is 5.92 Å². The van der Waals surface area contributed by atoms with E-state index in [4.69, 9.17) is 0 Å². The number of hydrogen-bond donors (Lipinski definition) is 1. The number of thiazole rings is 2. The summed E-state index contributed by atoms with van der Waals surface area (Å²) in [5.74, 6) is -0.134. The topological polar surface area (TPSA) is 75.2 Å². The van der Waals surface area contributed by atoms with Gasteiger partial charge in [-0.1, -0.05) is 12.1 Å². The van der Waals surface area contributed by atoms with E-state index in [1.807, 2.05) is 29.6 Å². The number of benzene rings is 1. The van der Waals surface area contributed by atoms with Crippen LogP contribution in [-0.2, 0) is 4.79 Å². The van der Waals surface area contributed by atoms with Crippen LogP contribution in [0.3, 0.4) is 0 Å². The normalized spacial score (nSPS) is 15.4. The molecule has 1 saturated heterocycles. The molecule has 1 aromatic carbocycles. The van der Waals surface area contributed by atoms with Gasteiger partial charge in [0.05, 0.1) is 10.2 Å². The Kier molecular flexibility index (Phi) is 4.46. The fraction of sp³-hybridized carbons (Fsp3) is 0.294. The third kappa shape index (κ3) is 3.40. The maximum Gasteiger partial charge on any atom is 0.282 e. The van der Waals surface area contributed by atoms with Gasteiger partial charge in [0, 0.05) is 30.6 Å². The molecule has 1 aliphatic rings. The number of rotatable bonds is 3. The van der Waals surface area contributed by atoms with Gasteiger partial charge >= 0.3 is 0 Å². The van der Waals surface area contributed by atoms with Crippen molar-refractivity contribution in [2.45, 2.75) is 12.8 Å². The fourth-order valence-corrected chi connectivity index (χ4v) is 4.40. The molecule has 25 heavy (non-hydrogen) atoms. The predicted molar refractivity (Wildman–Crippen MR) is 99.0 cm³/mol. The molecule has 8 heteroatoms. The smallest absolute Gasteiger partial charge is 0.282 e. The maximum atomic E-state index is 12.7. The Balaban J connectivity index is 1.37. The highest BCUT2D eigenvalue weighted by molar-refractivity contribution is 7.20. The number of aromatic nitrogens is 2. The van der Waals surface area contributed by atoms with E-state index in [1.165, 1.54) is 22.7 Å². The second-order valence-electron chi connectivity index (χ2n) is 5.88. The van der Waals surface area contributed by atoms with E-state index in [9.17, 15) is 9.59 Å². The third-order valence-corrected chi connectivity index (χ3v) is 6.01. The van der Waals surface area contributed by atoms with Gasteiger partial charge in [0.2, 0.25) is 5.91 Å². The van der Waals surface area contributed by atoms with E-state index >= 15 is 0 Å². The predicted octanol–water partition coefficient (Wildman–Crippen LogP) is 3.24. The lowest BCUT2D eigenvalue weighted by Gasteiger charge is -2.30. The average Bonchev–Trinajstić information content (AvgIpc) is 3.30. The van der Waals surface area contributed by atoms with Crippen molar-refractivity contribution in [1.29, 1.82) is 0 Å². The van der Waals surface area contributed by atoms with Crippen LogP contribution in [0.2, 0.25) is 0 Å². The molecule has 3 aromatic rings. The van der Waals surface area contributed by atoms with Gasteiger partial charge < -0.3 is 10.2 Å². The van der Waals surface area contributed by atoms with Crippen molar-refractivity contribution in [3.05, 3.63) is 40.8 Å². The monoisotopic (exact) mass is 372 g/mol. The van der Waals surface area contributed by atoms with Crippen LogP contribution in [0.25, 0.3) is 10.2 Å². The molecule has 0 saturated carbocycles. The molecule has 6 nitrogen and oxygen atoms in total. The number of likely N-dealkylation sites (tertiary alicyclic amines) is 1. The summed E-state index contributed by atoms with van der Waals surface area (Å²) < 4.78 is 1.02. The van der Waals surface area contributed by atoms with Crippen LogP contribution in [0.4, 0.5) is 5.13 Å². The van der Waals surface area contributed by atoms with Crippen molar-refractivity contribution in [1.82, 2.24) is 14.9 Å². The lowest BCUT2D eigenvalue weighted by atomic mass is 9.96. The van der Waals surface area contributed by atoms with Gasteiger partial charge in [-0.15, -0.1) is 22.7 Å². The second kappa shape index (κ2) is 6.89. The molecular formula is C17H16N4O2S2. The molecular weight excluding hydrogens is 356 g/mol. The molecule has 0 spiro atoms. The summed E-state index contributed by atoms with van der Waals surface area (Å²) in [5, 5.41) is 5.81. The van der Waals surface area contributed by atoms with Crippen LogP contribution in [0.5, 0.6) is 0 Å². The van der Waals surface area contributed by atoms with E-state index < -0.39 is 0 Å². The molecule has 1 fully saturated rings. The number of nitrogens with zero attached hydrogens (tertiary/aromatic N) is 3. The first-order valence-electron chi connectivity index (χ1n) is 8.06. The number of anilines is 1. The zero-order chi connectivity index (χ0) is 17.2. The quantitative estimate of drug-likeness (QED) is 0.766. The summed E-state index contributed by atoms with van der Waals surface area (Å²) in [5.41, 5.74) is 0.855. The Morgan fingerprint density at radius 3 is 2.72 bits per heavy atom. The van der Waals surface area contributed by atoms with Gasteiger partial charge in [-0.3, -0.25) is 9.59 Å². The largest absolute Gasteiger partial charge is 0.337 e. The van der Waals surface area contributed by atoms with Crippen molar-refractivity contribution in [3.8, 4) is 0 Å². The van der Waals surface area contributed by atoms with Gasteiger partial charge in [0.15, 0.2) is 10.1 Å². The zero-order valence-electron chi connectivity index (χ0n) is 13.3. The number of fused-ring (bicyclic) bond motifs is 1. The van der Waals surface area contributed by atoms with Gasteiger partial charge in [-0.25, -0.2) is 9.97 Å². The number of amides is 2. The fourth-order valence-electron chi connectivity index (χ4n) is 2.94. The first-order valence-corrected chi connectivity index (χ1v) is 9.75. The van der Waals surface area contributed by atoms with Crippen LogP contribution in [0.15, 0.2) is 35.8 Å². The summed E-state index contributed by atoms with van der Waals surface area (Å²) in [6.07, 6.45) is 2.99. The molecule has 2 amide bonds. The van der Waals surface area contributed by atoms with Crippen LogP contribution in [-0.4, -0.2) is 39.8 Å². The first kappa shape index (κ1) is 16.2.